The standard InChI is InChI=1S/C19H21NO3S/c1-3-15(12-13-24(20,22)23)19(21)18-10-8-17(9-11-18)16-6-4-14(2)5-7-16/h3-11H,12-13H2,1-2H3,(H2,20,22,23)/b15-3+. The molecule has 0 atom stereocenters. The molecule has 0 aliphatic carbocycles. The van der Waals surface area contributed by atoms with Gasteiger partial charge in [0.2, 0.25) is 10.0 Å². The van der Waals surface area contributed by atoms with Crippen LogP contribution in [0.15, 0.2) is 60.2 Å². The number of allylic oxidation sites excluding steroid dienone is 2. The van der Waals surface area contributed by atoms with Crippen molar-refractivity contribution >= 4 is 15.8 Å². The molecule has 2 rings (SSSR count). The van der Waals surface area contributed by atoms with E-state index in [-0.39, 0.29) is 18.0 Å². The van der Waals surface area contributed by atoms with E-state index < -0.39 is 10.0 Å². The molecule has 0 heterocycles. The Morgan fingerprint density at radius 3 is 1.96 bits per heavy atom. The number of benzene rings is 2. The predicted molar refractivity (Wildman–Crippen MR) is 97.3 cm³/mol. The van der Waals surface area contributed by atoms with Crippen molar-refractivity contribution in [1.82, 2.24) is 0 Å². The van der Waals surface area contributed by atoms with Crippen molar-refractivity contribution in [2.45, 2.75) is 20.3 Å². The first-order chi connectivity index (χ1) is 11.3. The third kappa shape index (κ3) is 4.88. The normalized spacial score (nSPS) is 12.2. The largest absolute Gasteiger partial charge is 0.289 e. The van der Waals surface area contributed by atoms with E-state index in [2.05, 4.69) is 0 Å². The molecule has 126 valence electrons. The number of carbonyl (C=O) groups is 1. The Labute approximate surface area is 143 Å². The van der Waals surface area contributed by atoms with Crippen LogP contribution in [-0.2, 0) is 10.0 Å². The quantitative estimate of drug-likeness (QED) is 0.644. The fourth-order valence-electron chi connectivity index (χ4n) is 2.39. The molecule has 0 aromatic heterocycles. The first kappa shape index (κ1) is 18.1. The lowest BCUT2D eigenvalue weighted by Gasteiger charge is -2.07. The first-order valence-electron chi connectivity index (χ1n) is 7.67. The summed E-state index contributed by atoms with van der Waals surface area (Å²) in [5.41, 5.74) is 4.29. The van der Waals surface area contributed by atoms with Crippen molar-refractivity contribution in [3.8, 4) is 11.1 Å². The number of rotatable bonds is 6. The van der Waals surface area contributed by atoms with Gasteiger partial charge in [0.25, 0.3) is 0 Å². The van der Waals surface area contributed by atoms with E-state index in [9.17, 15) is 13.2 Å². The van der Waals surface area contributed by atoms with Gasteiger partial charge in [0.05, 0.1) is 5.75 Å². The molecule has 0 bridgehead atoms. The lowest BCUT2D eigenvalue weighted by Crippen LogP contribution is -2.18. The minimum Gasteiger partial charge on any atom is -0.289 e. The summed E-state index contributed by atoms with van der Waals surface area (Å²) in [6, 6.07) is 15.5. The summed E-state index contributed by atoms with van der Waals surface area (Å²) in [6.45, 7) is 3.75. The van der Waals surface area contributed by atoms with Crippen molar-refractivity contribution in [2.24, 2.45) is 5.14 Å². The number of Topliss-reactive ketones (excluding diaryl/α,β-unsaturated/α-hetero) is 1. The van der Waals surface area contributed by atoms with Gasteiger partial charge in [-0.25, -0.2) is 13.6 Å². The Bertz CT molecular complexity index is 848. The summed E-state index contributed by atoms with van der Waals surface area (Å²) in [5.74, 6) is -0.406. The Balaban J connectivity index is 2.17. The van der Waals surface area contributed by atoms with Crippen LogP contribution in [0, 0.1) is 6.92 Å². The molecule has 2 N–H and O–H groups in total. The van der Waals surface area contributed by atoms with E-state index in [4.69, 9.17) is 5.14 Å². The molecule has 0 saturated carbocycles. The van der Waals surface area contributed by atoms with Crippen LogP contribution in [0.3, 0.4) is 0 Å². The van der Waals surface area contributed by atoms with Crippen LogP contribution in [0.25, 0.3) is 11.1 Å². The van der Waals surface area contributed by atoms with E-state index in [1.807, 2.05) is 43.3 Å². The van der Waals surface area contributed by atoms with Crippen LogP contribution in [0.5, 0.6) is 0 Å². The molecule has 24 heavy (non-hydrogen) atoms. The molecule has 0 aliphatic heterocycles. The van der Waals surface area contributed by atoms with E-state index in [0.717, 1.165) is 11.1 Å². The number of hydrogen-bond acceptors (Lipinski definition) is 3. The highest BCUT2D eigenvalue weighted by Gasteiger charge is 2.14. The van der Waals surface area contributed by atoms with E-state index in [1.165, 1.54) is 5.56 Å². The molecule has 4 nitrogen and oxygen atoms in total. The molecule has 0 unspecified atom stereocenters. The number of carbonyl (C=O) groups excluding carboxylic acids is 1. The maximum absolute atomic E-state index is 12.5. The van der Waals surface area contributed by atoms with Crippen molar-refractivity contribution < 1.29 is 13.2 Å². The number of aryl methyl sites for hydroxylation is 1. The summed E-state index contributed by atoms with van der Waals surface area (Å²) in [6.07, 6.45) is 1.76. The number of hydrogen-bond donors (Lipinski definition) is 1. The van der Waals surface area contributed by atoms with Crippen LogP contribution in [0.1, 0.15) is 29.3 Å². The van der Waals surface area contributed by atoms with Crippen LogP contribution in [0.4, 0.5) is 0 Å². The van der Waals surface area contributed by atoms with Gasteiger partial charge in [-0.05, 0) is 37.0 Å². The number of primary sulfonamides is 1. The second kappa shape index (κ2) is 7.55. The molecule has 2 aromatic rings. The third-order valence-corrected chi connectivity index (χ3v) is 4.60. The van der Waals surface area contributed by atoms with Crippen molar-refractivity contribution in [3.63, 3.8) is 0 Å². The summed E-state index contributed by atoms with van der Waals surface area (Å²) < 4.78 is 22.2. The van der Waals surface area contributed by atoms with Crippen LogP contribution in [-0.4, -0.2) is 20.0 Å². The highest BCUT2D eigenvalue weighted by atomic mass is 32.2. The lowest BCUT2D eigenvalue weighted by atomic mass is 9.98. The van der Waals surface area contributed by atoms with E-state index >= 15 is 0 Å². The highest BCUT2D eigenvalue weighted by molar-refractivity contribution is 7.89. The molecule has 0 aliphatic rings. The average Bonchev–Trinajstić information content (AvgIpc) is 2.55. The fourth-order valence-corrected chi connectivity index (χ4v) is 2.89. The SMILES string of the molecule is C/C=C(\CCS(N)(=O)=O)C(=O)c1ccc(-c2ccc(C)cc2)cc1. The Morgan fingerprint density at radius 1 is 1.00 bits per heavy atom. The topological polar surface area (TPSA) is 77.2 Å². The van der Waals surface area contributed by atoms with Gasteiger partial charge in [-0.1, -0.05) is 60.2 Å². The Kier molecular flexibility index (Phi) is 5.70. The highest BCUT2D eigenvalue weighted by Crippen LogP contribution is 2.21. The number of sulfonamides is 1. The predicted octanol–water partition coefficient (Wildman–Crippen LogP) is 3.47. The second-order valence-corrected chi connectivity index (χ2v) is 7.44. The number of ketones is 1. The van der Waals surface area contributed by atoms with Gasteiger partial charge < -0.3 is 0 Å². The van der Waals surface area contributed by atoms with E-state index in [1.54, 1.807) is 25.1 Å². The molecule has 0 radical (unpaired) electrons. The van der Waals surface area contributed by atoms with Crippen LogP contribution >= 0.6 is 0 Å². The molecule has 0 amide bonds. The van der Waals surface area contributed by atoms with Crippen molar-refractivity contribution in [1.29, 1.82) is 0 Å². The zero-order valence-electron chi connectivity index (χ0n) is 13.8. The lowest BCUT2D eigenvalue weighted by molar-refractivity contribution is 0.103. The zero-order chi connectivity index (χ0) is 17.7. The van der Waals surface area contributed by atoms with Crippen molar-refractivity contribution in [2.75, 3.05) is 5.75 Å². The fraction of sp³-hybridized carbons (Fsp3) is 0.211. The maximum atomic E-state index is 12.5. The molecule has 2 aromatic carbocycles. The minimum absolute atomic E-state index is 0.119. The van der Waals surface area contributed by atoms with Crippen molar-refractivity contribution in [3.05, 3.63) is 71.3 Å². The molecule has 0 spiro atoms. The summed E-state index contributed by atoms with van der Waals surface area (Å²) in [7, 11) is -3.58. The van der Waals surface area contributed by atoms with Crippen LogP contribution in [0.2, 0.25) is 0 Å². The minimum atomic E-state index is -3.58. The molecule has 0 saturated heterocycles. The average molecular weight is 343 g/mol. The van der Waals surface area contributed by atoms with Crippen LogP contribution < -0.4 is 5.14 Å². The first-order valence-corrected chi connectivity index (χ1v) is 9.39. The smallest absolute Gasteiger partial charge is 0.209 e. The third-order valence-electron chi connectivity index (χ3n) is 3.83. The second-order valence-electron chi connectivity index (χ2n) is 5.70. The van der Waals surface area contributed by atoms with Gasteiger partial charge in [-0.2, -0.15) is 0 Å². The molecule has 0 fully saturated rings. The molecule has 5 heteroatoms. The number of nitrogens with two attached hydrogens (primary N) is 1. The van der Waals surface area contributed by atoms with Gasteiger partial charge in [0.15, 0.2) is 5.78 Å². The van der Waals surface area contributed by atoms with E-state index in [0.29, 0.717) is 11.1 Å². The summed E-state index contributed by atoms with van der Waals surface area (Å²) >= 11 is 0. The summed E-state index contributed by atoms with van der Waals surface area (Å²) in [4.78, 5) is 12.5. The molecular weight excluding hydrogens is 322 g/mol. The maximum Gasteiger partial charge on any atom is 0.209 e. The Morgan fingerprint density at radius 2 is 1.50 bits per heavy atom. The van der Waals surface area contributed by atoms with Gasteiger partial charge in [-0.3, -0.25) is 4.79 Å². The van der Waals surface area contributed by atoms with Gasteiger partial charge in [0, 0.05) is 5.56 Å². The summed E-state index contributed by atoms with van der Waals surface area (Å²) in [5, 5.41) is 5.01. The molecular formula is C19H21NO3S. The zero-order valence-corrected chi connectivity index (χ0v) is 14.6. The van der Waals surface area contributed by atoms with Gasteiger partial charge in [0.1, 0.15) is 0 Å². The van der Waals surface area contributed by atoms with Gasteiger partial charge >= 0.3 is 0 Å². The monoisotopic (exact) mass is 343 g/mol. The van der Waals surface area contributed by atoms with Gasteiger partial charge in [-0.15, -0.1) is 0 Å². The Hall–Kier alpha value is -2.24.